The van der Waals surface area contributed by atoms with E-state index in [1.165, 1.54) is 4.90 Å². The maximum Gasteiger partial charge on any atom is 0.251 e. The number of hydrogen-bond donors (Lipinski definition) is 1. The van der Waals surface area contributed by atoms with Gasteiger partial charge in [-0.1, -0.05) is 12.2 Å². The first-order valence-electron chi connectivity index (χ1n) is 14.7. The number of ether oxygens (including phenoxy) is 2. The fraction of sp³-hybridized carbons (Fsp3) is 0.424. The van der Waals surface area contributed by atoms with Crippen LogP contribution in [0.3, 0.4) is 0 Å². The highest BCUT2D eigenvalue weighted by atomic mass is 32.2. The number of carbonyl (C=O) groups is 3. The van der Waals surface area contributed by atoms with Crippen LogP contribution in [0.2, 0.25) is 0 Å². The second-order valence-corrected chi connectivity index (χ2v) is 12.5. The number of hydrogen-bond acceptors (Lipinski definition) is 7. The van der Waals surface area contributed by atoms with Crippen molar-refractivity contribution in [3.8, 4) is 11.5 Å². The van der Waals surface area contributed by atoms with E-state index in [0.29, 0.717) is 35.9 Å². The summed E-state index contributed by atoms with van der Waals surface area (Å²) in [5.74, 6) is -0.569. The smallest absolute Gasteiger partial charge is 0.251 e. The lowest BCUT2D eigenvalue weighted by molar-refractivity contribution is -0.139. The first-order valence-corrected chi connectivity index (χ1v) is 15.5. The number of aliphatic hydroxyl groups excluding tert-OH is 1. The number of amides is 3. The van der Waals surface area contributed by atoms with E-state index in [9.17, 15) is 19.5 Å². The Bertz CT molecular complexity index is 1370. The van der Waals surface area contributed by atoms with Gasteiger partial charge in [-0.05, 0) is 68.3 Å². The second kappa shape index (κ2) is 12.9. The van der Waals surface area contributed by atoms with Crippen LogP contribution < -0.4 is 19.3 Å². The monoisotopic (exact) mass is 605 g/mol. The molecule has 3 heterocycles. The van der Waals surface area contributed by atoms with E-state index in [1.54, 1.807) is 65.1 Å². The third kappa shape index (κ3) is 5.31. The summed E-state index contributed by atoms with van der Waals surface area (Å²) in [7, 11) is 1.58. The Kier molecular flexibility index (Phi) is 9.17. The van der Waals surface area contributed by atoms with Crippen LogP contribution in [-0.4, -0.2) is 83.7 Å². The highest BCUT2D eigenvalue weighted by molar-refractivity contribution is 8.02. The van der Waals surface area contributed by atoms with Crippen LogP contribution >= 0.6 is 11.8 Å². The molecule has 10 heteroatoms. The molecule has 2 aromatic carbocycles. The van der Waals surface area contributed by atoms with Gasteiger partial charge >= 0.3 is 0 Å². The topological polar surface area (TPSA) is 99.6 Å². The molecular formula is C33H39N3O6S. The molecule has 5 rings (SSSR count). The van der Waals surface area contributed by atoms with Gasteiger partial charge < -0.3 is 29.3 Å². The second-order valence-electron chi connectivity index (χ2n) is 10.9. The fourth-order valence-corrected chi connectivity index (χ4v) is 9.15. The van der Waals surface area contributed by atoms with Crippen molar-refractivity contribution in [3.63, 3.8) is 0 Å². The summed E-state index contributed by atoms with van der Waals surface area (Å²) < 4.78 is 10.1. The SMILES string of the molecule is C=CCN(C(=O)C1N(CCO)C(=O)[C@@H]2[C@H](C(=O)N(CC=C)c3ccc(OCC)cc3)[C@@H]3CCC12S3)c1ccc(OC)cc1. The van der Waals surface area contributed by atoms with Gasteiger partial charge in [0.15, 0.2) is 0 Å². The van der Waals surface area contributed by atoms with E-state index >= 15 is 0 Å². The number of nitrogens with zero attached hydrogens (tertiary/aromatic N) is 3. The molecule has 1 N–H and O–H groups in total. The van der Waals surface area contributed by atoms with Crippen molar-refractivity contribution >= 4 is 40.9 Å². The van der Waals surface area contributed by atoms with Crippen LogP contribution in [0.4, 0.5) is 11.4 Å². The lowest BCUT2D eigenvalue weighted by Crippen LogP contribution is -2.55. The van der Waals surface area contributed by atoms with Crippen LogP contribution in [0.25, 0.3) is 0 Å². The van der Waals surface area contributed by atoms with E-state index in [2.05, 4.69) is 13.2 Å². The predicted octanol–water partition coefficient (Wildman–Crippen LogP) is 3.92. The minimum Gasteiger partial charge on any atom is -0.497 e. The Morgan fingerprint density at radius 2 is 1.60 bits per heavy atom. The number of β-amino-alcohol motifs (C(OH)–C–C–N with tert-alkyl or cyclic N) is 1. The largest absolute Gasteiger partial charge is 0.497 e. The normalized spacial score (nSPS) is 25.3. The van der Waals surface area contributed by atoms with Crippen LogP contribution in [-0.2, 0) is 14.4 Å². The van der Waals surface area contributed by atoms with Gasteiger partial charge in [-0.3, -0.25) is 14.4 Å². The summed E-state index contributed by atoms with van der Waals surface area (Å²) in [5, 5.41) is 9.88. The van der Waals surface area contributed by atoms with Gasteiger partial charge in [0.25, 0.3) is 5.91 Å². The summed E-state index contributed by atoms with van der Waals surface area (Å²) in [5.41, 5.74) is 1.34. The number of benzene rings is 2. The zero-order chi connectivity index (χ0) is 30.7. The Balaban J connectivity index is 1.51. The number of carbonyl (C=O) groups excluding carboxylic acids is 3. The molecule has 3 aliphatic rings. The van der Waals surface area contributed by atoms with Crippen LogP contribution in [0.1, 0.15) is 19.8 Å². The van der Waals surface area contributed by atoms with E-state index < -0.39 is 22.6 Å². The molecule has 43 heavy (non-hydrogen) atoms. The average molecular weight is 606 g/mol. The van der Waals surface area contributed by atoms with E-state index in [0.717, 1.165) is 6.42 Å². The summed E-state index contributed by atoms with van der Waals surface area (Å²) >= 11 is 1.60. The van der Waals surface area contributed by atoms with Gasteiger partial charge in [-0.15, -0.1) is 24.9 Å². The van der Waals surface area contributed by atoms with Gasteiger partial charge in [0.2, 0.25) is 11.8 Å². The molecule has 3 aliphatic heterocycles. The molecule has 0 saturated carbocycles. The lowest BCUT2D eigenvalue weighted by Gasteiger charge is -2.37. The molecule has 9 nitrogen and oxygen atoms in total. The lowest BCUT2D eigenvalue weighted by atomic mass is 9.70. The van der Waals surface area contributed by atoms with E-state index in [-0.39, 0.29) is 49.2 Å². The number of likely N-dealkylation sites (tertiary alicyclic amines) is 1. The van der Waals surface area contributed by atoms with Crippen molar-refractivity contribution in [3.05, 3.63) is 73.8 Å². The third-order valence-corrected chi connectivity index (χ3v) is 10.6. The molecule has 3 amide bonds. The Morgan fingerprint density at radius 3 is 2.14 bits per heavy atom. The summed E-state index contributed by atoms with van der Waals surface area (Å²) in [6.45, 7) is 10.4. The highest BCUT2D eigenvalue weighted by Crippen LogP contribution is 2.66. The quantitative estimate of drug-likeness (QED) is 0.346. The summed E-state index contributed by atoms with van der Waals surface area (Å²) in [6, 6.07) is 13.7. The zero-order valence-electron chi connectivity index (χ0n) is 24.7. The average Bonchev–Trinajstić information content (AvgIpc) is 3.66. The number of anilines is 2. The van der Waals surface area contributed by atoms with E-state index in [1.807, 2.05) is 31.2 Å². The third-order valence-electron chi connectivity index (χ3n) is 8.66. The summed E-state index contributed by atoms with van der Waals surface area (Å²) in [4.78, 5) is 47.9. The molecule has 3 saturated heterocycles. The van der Waals surface area contributed by atoms with Crippen molar-refractivity contribution in [2.24, 2.45) is 11.8 Å². The number of fused-ring (bicyclic) bond motifs is 1. The first-order chi connectivity index (χ1) is 20.8. The minimum absolute atomic E-state index is 0.0133. The Hall–Kier alpha value is -3.76. The standard InChI is InChI=1S/C33H39N3O6S/c1-5-18-34(22-10-14-25(15-11-22)42-7-3)30(38)27-26-16-17-33(43-26)28(27)31(39)36(20-21-37)29(33)32(40)35(19-6-2)23-8-12-24(41-4)13-9-23/h5-6,8-15,26-29,37H,1-2,7,16-21H2,3-4H3/t26-,27+,28-,29?,33?/m0/s1. The van der Waals surface area contributed by atoms with Gasteiger partial charge in [0, 0.05) is 36.3 Å². The molecule has 2 aromatic rings. The number of methoxy groups -OCH3 is 1. The number of thioether (sulfide) groups is 1. The highest BCUT2D eigenvalue weighted by Gasteiger charge is 2.74. The van der Waals surface area contributed by atoms with Crippen molar-refractivity contribution in [2.45, 2.75) is 35.8 Å². The van der Waals surface area contributed by atoms with Gasteiger partial charge in [0.05, 0.1) is 36.9 Å². The van der Waals surface area contributed by atoms with Crippen LogP contribution in [0.15, 0.2) is 73.8 Å². The minimum atomic E-state index is -0.828. The summed E-state index contributed by atoms with van der Waals surface area (Å²) in [6.07, 6.45) is 4.68. The van der Waals surface area contributed by atoms with Gasteiger partial charge in [0.1, 0.15) is 17.5 Å². The molecule has 0 aliphatic carbocycles. The molecule has 0 radical (unpaired) electrons. The Labute approximate surface area is 257 Å². The van der Waals surface area contributed by atoms with Crippen molar-refractivity contribution in [2.75, 3.05) is 49.8 Å². The van der Waals surface area contributed by atoms with Gasteiger partial charge in [-0.2, -0.15) is 0 Å². The van der Waals surface area contributed by atoms with Crippen molar-refractivity contribution in [1.82, 2.24) is 4.90 Å². The van der Waals surface area contributed by atoms with Crippen molar-refractivity contribution < 1.29 is 29.0 Å². The molecule has 1 spiro atoms. The Morgan fingerprint density at radius 1 is 1.02 bits per heavy atom. The predicted molar refractivity (Wildman–Crippen MR) is 169 cm³/mol. The molecule has 3 fully saturated rings. The van der Waals surface area contributed by atoms with Crippen LogP contribution in [0, 0.1) is 11.8 Å². The van der Waals surface area contributed by atoms with Gasteiger partial charge in [-0.25, -0.2) is 0 Å². The van der Waals surface area contributed by atoms with E-state index in [4.69, 9.17) is 9.47 Å². The molecule has 2 bridgehead atoms. The number of aliphatic hydroxyl groups is 1. The van der Waals surface area contributed by atoms with Crippen LogP contribution in [0.5, 0.6) is 11.5 Å². The molecule has 0 aromatic heterocycles. The number of rotatable bonds is 13. The molecule has 2 unspecified atom stereocenters. The maximum absolute atomic E-state index is 14.5. The van der Waals surface area contributed by atoms with Crippen molar-refractivity contribution in [1.29, 1.82) is 0 Å². The zero-order valence-corrected chi connectivity index (χ0v) is 25.5. The molecule has 228 valence electrons. The fourth-order valence-electron chi connectivity index (χ4n) is 6.94. The molecular weight excluding hydrogens is 566 g/mol. The first kappa shape index (κ1) is 30.7. The molecule has 5 atom stereocenters. The maximum atomic E-state index is 14.5.